The average Bonchev–Trinajstić information content (AvgIpc) is 3.16. The van der Waals surface area contributed by atoms with Crippen molar-refractivity contribution in [2.75, 3.05) is 45.8 Å². The highest BCUT2D eigenvalue weighted by Gasteiger charge is 2.34. The first-order valence-corrected chi connectivity index (χ1v) is 10.6. The summed E-state index contributed by atoms with van der Waals surface area (Å²) in [6.07, 6.45) is 1.82. The molecule has 1 unspecified atom stereocenters. The van der Waals surface area contributed by atoms with E-state index in [2.05, 4.69) is 40.8 Å². The van der Waals surface area contributed by atoms with Gasteiger partial charge in [-0.3, -0.25) is 14.6 Å². The lowest BCUT2D eigenvalue weighted by molar-refractivity contribution is -0.126. The second-order valence-electron chi connectivity index (χ2n) is 8.67. The zero-order valence-electron chi connectivity index (χ0n) is 17.6. The Morgan fingerprint density at radius 3 is 2.57 bits per heavy atom. The summed E-state index contributed by atoms with van der Waals surface area (Å²) in [5.74, 6) is -0.116. The van der Waals surface area contributed by atoms with Gasteiger partial charge in [0.1, 0.15) is 5.82 Å². The molecular weight excluding hydrogens is 355 g/mol. The Morgan fingerprint density at radius 1 is 1.18 bits per heavy atom. The number of amides is 1. The lowest BCUT2D eigenvalue weighted by Crippen LogP contribution is -2.59. The standard InChI is InChI=1S/C22H35FN4O/c1-4-25-12-14-27(15-13-25)22(2,3)17-24-21(28)20-10-7-11-26(20)16-18-8-5-6-9-19(18)23/h5-6,8-9,20H,4,7,10-17H2,1-3H3,(H,24,28). The van der Waals surface area contributed by atoms with Crippen LogP contribution in [0.25, 0.3) is 0 Å². The summed E-state index contributed by atoms with van der Waals surface area (Å²) in [6.45, 7) is 14.0. The fourth-order valence-corrected chi connectivity index (χ4v) is 4.36. The lowest BCUT2D eigenvalue weighted by Gasteiger charge is -2.44. The molecule has 2 aliphatic rings. The van der Waals surface area contributed by atoms with Crippen LogP contribution in [0.15, 0.2) is 24.3 Å². The highest BCUT2D eigenvalue weighted by atomic mass is 19.1. The number of carbonyl (C=O) groups is 1. The second-order valence-corrected chi connectivity index (χ2v) is 8.67. The highest BCUT2D eigenvalue weighted by molar-refractivity contribution is 5.82. The van der Waals surface area contributed by atoms with Gasteiger partial charge in [0.25, 0.3) is 0 Å². The molecule has 0 radical (unpaired) electrons. The molecule has 6 heteroatoms. The van der Waals surface area contributed by atoms with Gasteiger partial charge in [0.2, 0.25) is 5.91 Å². The van der Waals surface area contributed by atoms with Crippen LogP contribution in [-0.2, 0) is 11.3 Å². The predicted octanol–water partition coefficient (Wildman–Crippen LogP) is 2.32. The smallest absolute Gasteiger partial charge is 0.237 e. The van der Waals surface area contributed by atoms with E-state index in [4.69, 9.17) is 0 Å². The monoisotopic (exact) mass is 390 g/mol. The molecular formula is C22H35FN4O. The van der Waals surface area contributed by atoms with Gasteiger partial charge in [0, 0.05) is 50.4 Å². The van der Waals surface area contributed by atoms with Crippen LogP contribution in [0.4, 0.5) is 4.39 Å². The number of hydrogen-bond acceptors (Lipinski definition) is 4. The molecule has 1 N–H and O–H groups in total. The SMILES string of the molecule is CCN1CCN(C(C)(C)CNC(=O)C2CCCN2Cc2ccccc2F)CC1. The fraction of sp³-hybridized carbons (Fsp3) is 0.682. The van der Waals surface area contributed by atoms with Crippen molar-refractivity contribution >= 4 is 5.91 Å². The van der Waals surface area contributed by atoms with E-state index in [1.807, 2.05) is 12.1 Å². The van der Waals surface area contributed by atoms with Crippen LogP contribution in [0.5, 0.6) is 0 Å². The Kier molecular flexibility index (Phi) is 7.07. The van der Waals surface area contributed by atoms with Gasteiger partial charge in [-0.2, -0.15) is 0 Å². The van der Waals surface area contributed by atoms with Crippen molar-refractivity contribution in [2.24, 2.45) is 0 Å². The van der Waals surface area contributed by atoms with Crippen molar-refractivity contribution in [2.45, 2.75) is 51.7 Å². The van der Waals surface area contributed by atoms with Crippen molar-refractivity contribution in [1.29, 1.82) is 0 Å². The molecule has 2 fully saturated rings. The molecule has 1 aromatic rings. The van der Waals surface area contributed by atoms with Crippen LogP contribution in [0, 0.1) is 5.82 Å². The minimum Gasteiger partial charge on any atom is -0.353 e. The molecule has 0 spiro atoms. The number of carbonyl (C=O) groups excluding carboxylic acids is 1. The lowest BCUT2D eigenvalue weighted by atomic mass is 10.0. The molecule has 156 valence electrons. The van der Waals surface area contributed by atoms with Crippen molar-refractivity contribution in [3.05, 3.63) is 35.6 Å². The van der Waals surface area contributed by atoms with E-state index in [0.717, 1.165) is 52.1 Å². The van der Waals surface area contributed by atoms with E-state index in [0.29, 0.717) is 18.7 Å². The first-order valence-electron chi connectivity index (χ1n) is 10.6. The summed E-state index contributed by atoms with van der Waals surface area (Å²) >= 11 is 0. The molecule has 2 saturated heterocycles. The van der Waals surface area contributed by atoms with Gasteiger partial charge in [-0.1, -0.05) is 25.1 Å². The summed E-state index contributed by atoms with van der Waals surface area (Å²) in [6, 6.07) is 6.69. The van der Waals surface area contributed by atoms with Gasteiger partial charge >= 0.3 is 0 Å². The molecule has 0 saturated carbocycles. The van der Waals surface area contributed by atoms with Crippen LogP contribution in [0.2, 0.25) is 0 Å². The Hall–Kier alpha value is -1.50. The molecule has 1 amide bonds. The number of likely N-dealkylation sites (N-methyl/N-ethyl adjacent to an activating group) is 1. The number of halogens is 1. The molecule has 0 aliphatic carbocycles. The van der Waals surface area contributed by atoms with Gasteiger partial charge in [-0.15, -0.1) is 0 Å². The van der Waals surface area contributed by atoms with Crippen LogP contribution < -0.4 is 5.32 Å². The van der Waals surface area contributed by atoms with Crippen molar-refractivity contribution in [1.82, 2.24) is 20.0 Å². The van der Waals surface area contributed by atoms with E-state index in [1.165, 1.54) is 6.07 Å². The molecule has 1 atom stereocenters. The minimum atomic E-state index is -0.194. The summed E-state index contributed by atoms with van der Waals surface area (Å²) in [5, 5.41) is 3.19. The Labute approximate surface area is 168 Å². The number of nitrogens with zero attached hydrogens (tertiary/aromatic N) is 3. The number of rotatable bonds is 7. The third-order valence-corrected chi connectivity index (χ3v) is 6.37. The summed E-state index contributed by atoms with van der Waals surface area (Å²) in [7, 11) is 0. The number of piperazine rings is 1. The second kappa shape index (κ2) is 9.33. The summed E-state index contributed by atoms with van der Waals surface area (Å²) in [4.78, 5) is 19.9. The summed E-state index contributed by atoms with van der Waals surface area (Å²) < 4.78 is 14.0. The molecule has 1 aromatic carbocycles. The minimum absolute atomic E-state index is 0.0650. The first kappa shape index (κ1) is 21.2. The van der Waals surface area contributed by atoms with Gasteiger partial charge in [-0.25, -0.2) is 4.39 Å². The number of nitrogens with one attached hydrogen (secondary N) is 1. The number of likely N-dealkylation sites (tertiary alicyclic amines) is 1. The van der Waals surface area contributed by atoms with Crippen molar-refractivity contribution in [3.8, 4) is 0 Å². The van der Waals surface area contributed by atoms with E-state index in [-0.39, 0.29) is 23.3 Å². The Balaban J connectivity index is 1.52. The third kappa shape index (κ3) is 5.10. The van der Waals surface area contributed by atoms with E-state index < -0.39 is 0 Å². The Bertz CT molecular complexity index is 658. The van der Waals surface area contributed by atoms with E-state index >= 15 is 0 Å². The average molecular weight is 391 g/mol. The van der Waals surface area contributed by atoms with Crippen molar-refractivity contribution < 1.29 is 9.18 Å². The molecule has 2 heterocycles. The molecule has 0 bridgehead atoms. The highest BCUT2D eigenvalue weighted by Crippen LogP contribution is 2.22. The molecule has 2 aliphatic heterocycles. The quantitative estimate of drug-likeness (QED) is 0.776. The zero-order chi connectivity index (χ0) is 20.1. The van der Waals surface area contributed by atoms with Crippen LogP contribution in [-0.4, -0.2) is 78.0 Å². The molecule has 3 rings (SSSR count). The van der Waals surface area contributed by atoms with E-state index in [9.17, 15) is 9.18 Å². The predicted molar refractivity (Wildman–Crippen MR) is 111 cm³/mol. The van der Waals surface area contributed by atoms with Crippen LogP contribution >= 0.6 is 0 Å². The maximum absolute atomic E-state index is 14.0. The van der Waals surface area contributed by atoms with Gasteiger partial charge in [-0.05, 0) is 45.8 Å². The fourth-order valence-electron chi connectivity index (χ4n) is 4.36. The van der Waals surface area contributed by atoms with Crippen LogP contribution in [0.1, 0.15) is 39.2 Å². The topological polar surface area (TPSA) is 38.8 Å². The van der Waals surface area contributed by atoms with Gasteiger partial charge in [0.15, 0.2) is 0 Å². The summed E-state index contributed by atoms with van der Waals surface area (Å²) in [5.41, 5.74) is 0.598. The molecule has 5 nitrogen and oxygen atoms in total. The van der Waals surface area contributed by atoms with Crippen LogP contribution in [0.3, 0.4) is 0 Å². The first-order chi connectivity index (χ1) is 13.4. The maximum Gasteiger partial charge on any atom is 0.237 e. The normalized spacial score (nSPS) is 22.5. The van der Waals surface area contributed by atoms with Crippen molar-refractivity contribution in [3.63, 3.8) is 0 Å². The number of benzene rings is 1. The number of hydrogen-bond donors (Lipinski definition) is 1. The van der Waals surface area contributed by atoms with Gasteiger partial charge < -0.3 is 10.2 Å². The third-order valence-electron chi connectivity index (χ3n) is 6.37. The maximum atomic E-state index is 14.0. The zero-order valence-corrected chi connectivity index (χ0v) is 17.6. The van der Waals surface area contributed by atoms with Gasteiger partial charge in [0.05, 0.1) is 6.04 Å². The van der Waals surface area contributed by atoms with E-state index in [1.54, 1.807) is 6.07 Å². The molecule has 0 aromatic heterocycles. The largest absolute Gasteiger partial charge is 0.353 e. The Morgan fingerprint density at radius 2 is 1.89 bits per heavy atom. The molecule has 28 heavy (non-hydrogen) atoms.